The van der Waals surface area contributed by atoms with E-state index < -0.39 is 0 Å². The number of allylic oxidation sites excluding steroid dienone is 1. The molecule has 1 amide bonds. The lowest BCUT2D eigenvalue weighted by Crippen LogP contribution is -2.17. The van der Waals surface area contributed by atoms with Gasteiger partial charge in [-0.25, -0.2) is 0 Å². The summed E-state index contributed by atoms with van der Waals surface area (Å²) in [6.07, 6.45) is 4.08. The molecular formula is C5H5BrN2O. The maximum atomic E-state index is 10.1. The number of carbonyl (C=O) groups excluding carboxylic acids is 1. The topological polar surface area (TPSA) is 32.7 Å². The lowest BCUT2D eigenvalue weighted by molar-refractivity contribution is -0.115. The number of nitrogens with zero attached hydrogens (tertiary/aromatic N) is 2. The van der Waals surface area contributed by atoms with Crippen LogP contribution in [-0.4, -0.2) is 24.2 Å². The van der Waals surface area contributed by atoms with Crippen molar-refractivity contribution in [2.75, 3.05) is 6.67 Å². The molecule has 9 heavy (non-hydrogen) atoms. The molecule has 0 spiro atoms. The van der Waals surface area contributed by atoms with Crippen molar-refractivity contribution in [2.24, 2.45) is 4.99 Å². The second kappa shape index (κ2) is 2.77. The minimum absolute atomic E-state index is 0.429. The maximum absolute atomic E-state index is 10.1. The fourth-order valence-electron chi connectivity index (χ4n) is 0.519. The summed E-state index contributed by atoms with van der Waals surface area (Å²) < 4.78 is 0.820. The Morgan fingerprint density at radius 2 is 2.67 bits per heavy atom. The third-order valence-electron chi connectivity index (χ3n) is 0.884. The zero-order valence-electron chi connectivity index (χ0n) is 4.62. The highest BCUT2D eigenvalue weighted by atomic mass is 79.9. The number of hydrogen-bond donors (Lipinski definition) is 0. The molecule has 0 bridgehead atoms. The van der Waals surface area contributed by atoms with Crippen LogP contribution in [-0.2, 0) is 4.79 Å². The Morgan fingerprint density at radius 3 is 3.11 bits per heavy atom. The van der Waals surface area contributed by atoms with Crippen molar-refractivity contribution < 1.29 is 4.79 Å². The monoisotopic (exact) mass is 188 g/mol. The first-order valence-corrected chi connectivity index (χ1v) is 3.20. The summed E-state index contributed by atoms with van der Waals surface area (Å²) in [4.78, 5) is 15.4. The van der Waals surface area contributed by atoms with E-state index in [4.69, 9.17) is 0 Å². The van der Waals surface area contributed by atoms with Gasteiger partial charge in [0.25, 0.3) is 0 Å². The Hall–Kier alpha value is -0.640. The molecule has 48 valence electrons. The van der Waals surface area contributed by atoms with Crippen LogP contribution in [0.25, 0.3) is 0 Å². The molecule has 1 aliphatic rings. The van der Waals surface area contributed by atoms with Gasteiger partial charge in [0.15, 0.2) is 0 Å². The number of rotatable bonds is 1. The Morgan fingerprint density at radius 1 is 1.89 bits per heavy atom. The standard InChI is InChI=1S/C5H5BrN2O/c6-5-1-7-3-8(2-5)4-9/h1-2,4H,3H2. The largest absolute Gasteiger partial charge is 0.300 e. The predicted octanol–water partition coefficient (Wildman–Crippen LogP) is 0.723. The molecule has 0 aromatic carbocycles. The van der Waals surface area contributed by atoms with Crippen molar-refractivity contribution in [3.8, 4) is 0 Å². The zero-order chi connectivity index (χ0) is 6.69. The summed E-state index contributed by atoms with van der Waals surface area (Å²) in [5.74, 6) is 0. The molecule has 0 aromatic rings. The van der Waals surface area contributed by atoms with E-state index in [0.29, 0.717) is 6.67 Å². The minimum Gasteiger partial charge on any atom is -0.300 e. The van der Waals surface area contributed by atoms with Crippen molar-refractivity contribution in [3.63, 3.8) is 0 Å². The summed E-state index contributed by atoms with van der Waals surface area (Å²) in [5.41, 5.74) is 0. The summed E-state index contributed by atoms with van der Waals surface area (Å²) in [5, 5.41) is 0. The van der Waals surface area contributed by atoms with Gasteiger partial charge in [-0.05, 0) is 15.9 Å². The highest BCUT2D eigenvalue weighted by Crippen LogP contribution is 2.06. The predicted molar refractivity (Wildman–Crippen MR) is 38.3 cm³/mol. The van der Waals surface area contributed by atoms with E-state index in [9.17, 15) is 4.79 Å². The Kier molecular flexibility index (Phi) is 2.00. The Labute approximate surface area is 61.2 Å². The van der Waals surface area contributed by atoms with Crippen LogP contribution in [0.3, 0.4) is 0 Å². The van der Waals surface area contributed by atoms with E-state index in [2.05, 4.69) is 20.9 Å². The van der Waals surface area contributed by atoms with E-state index >= 15 is 0 Å². The molecule has 4 heteroatoms. The molecule has 0 atom stereocenters. The van der Waals surface area contributed by atoms with Gasteiger partial charge in [0.1, 0.15) is 6.67 Å². The van der Waals surface area contributed by atoms with Crippen LogP contribution in [0.1, 0.15) is 0 Å². The molecule has 0 aliphatic carbocycles. The first kappa shape index (κ1) is 6.48. The van der Waals surface area contributed by atoms with E-state index in [0.717, 1.165) is 10.9 Å². The fourth-order valence-corrected chi connectivity index (χ4v) is 0.926. The summed E-state index contributed by atoms with van der Waals surface area (Å²) >= 11 is 3.18. The van der Waals surface area contributed by atoms with Gasteiger partial charge >= 0.3 is 0 Å². The number of carbonyl (C=O) groups is 1. The highest BCUT2D eigenvalue weighted by molar-refractivity contribution is 9.12. The van der Waals surface area contributed by atoms with Crippen LogP contribution >= 0.6 is 15.9 Å². The van der Waals surface area contributed by atoms with Crippen molar-refractivity contribution in [1.82, 2.24) is 4.90 Å². The fraction of sp³-hybridized carbons (Fsp3) is 0.200. The van der Waals surface area contributed by atoms with Crippen LogP contribution in [0.4, 0.5) is 0 Å². The molecule has 1 aliphatic heterocycles. The third-order valence-corrected chi connectivity index (χ3v) is 1.29. The molecule has 1 rings (SSSR count). The normalized spacial score (nSPS) is 17.4. The van der Waals surface area contributed by atoms with Crippen molar-refractivity contribution in [1.29, 1.82) is 0 Å². The third kappa shape index (κ3) is 1.64. The molecule has 0 saturated heterocycles. The van der Waals surface area contributed by atoms with Gasteiger partial charge in [-0.1, -0.05) is 0 Å². The molecule has 0 unspecified atom stereocenters. The molecule has 0 fully saturated rings. The van der Waals surface area contributed by atoms with E-state index in [1.807, 2.05) is 0 Å². The number of hydrogen-bond acceptors (Lipinski definition) is 2. The average Bonchev–Trinajstić information content (AvgIpc) is 1.88. The van der Waals surface area contributed by atoms with Gasteiger partial charge in [-0.2, -0.15) is 0 Å². The minimum atomic E-state index is 0.429. The van der Waals surface area contributed by atoms with Gasteiger partial charge < -0.3 is 4.90 Å². The van der Waals surface area contributed by atoms with Crippen LogP contribution in [0, 0.1) is 0 Å². The lowest BCUT2D eigenvalue weighted by atomic mass is 10.5. The molecule has 0 saturated carbocycles. The molecular weight excluding hydrogens is 184 g/mol. The first-order valence-electron chi connectivity index (χ1n) is 2.41. The van der Waals surface area contributed by atoms with Crippen LogP contribution < -0.4 is 0 Å². The van der Waals surface area contributed by atoms with Crippen LogP contribution in [0.2, 0.25) is 0 Å². The van der Waals surface area contributed by atoms with Gasteiger partial charge in [0.05, 0.1) is 4.48 Å². The zero-order valence-corrected chi connectivity index (χ0v) is 6.21. The van der Waals surface area contributed by atoms with Crippen molar-refractivity contribution >= 4 is 28.6 Å². The number of halogens is 1. The Balaban J connectivity index is 2.65. The second-order valence-electron chi connectivity index (χ2n) is 1.59. The second-order valence-corrected chi connectivity index (χ2v) is 2.50. The molecule has 0 N–H and O–H groups in total. The number of aliphatic imine (C=N–C) groups is 1. The van der Waals surface area contributed by atoms with Crippen LogP contribution in [0.15, 0.2) is 15.7 Å². The SMILES string of the molecule is O=CN1C=C(Br)C=NC1. The maximum Gasteiger partial charge on any atom is 0.215 e. The first-order chi connectivity index (χ1) is 4.33. The number of amides is 1. The quantitative estimate of drug-likeness (QED) is 0.559. The molecule has 0 radical (unpaired) electrons. The lowest BCUT2D eigenvalue weighted by Gasteiger charge is -2.11. The van der Waals surface area contributed by atoms with E-state index in [-0.39, 0.29) is 0 Å². The average molecular weight is 189 g/mol. The molecule has 1 heterocycles. The van der Waals surface area contributed by atoms with Crippen molar-refractivity contribution in [3.05, 3.63) is 10.7 Å². The van der Waals surface area contributed by atoms with Crippen LogP contribution in [0.5, 0.6) is 0 Å². The van der Waals surface area contributed by atoms with Gasteiger partial charge in [-0.3, -0.25) is 9.79 Å². The molecule has 0 aromatic heterocycles. The van der Waals surface area contributed by atoms with Crippen molar-refractivity contribution in [2.45, 2.75) is 0 Å². The van der Waals surface area contributed by atoms with Gasteiger partial charge in [0.2, 0.25) is 6.41 Å². The van der Waals surface area contributed by atoms with Gasteiger partial charge in [0, 0.05) is 12.4 Å². The smallest absolute Gasteiger partial charge is 0.215 e. The summed E-state index contributed by atoms with van der Waals surface area (Å²) in [7, 11) is 0. The van der Waals surface area contributed by atoms with E-state index in [1.54, 1.807) is 12.4 Å². The highest BCUT2D eigenvalue weighted by Gasteiger charge is 1.99. The van der Waals surface area contributed by atoms with Gasteiger partial charge in [-0.15, -0.1) is 0 Å². The van der Waals surface area contributed by atoms with E-state index in [1.165, 1.54) is 4.90 Å². The summed E-state index contributed by atoms with van der Waals surface area (Å²) in [6.45, 7) is 0.429. The Bertz CT molecular complexity index is 176. The summed E-state index contributed by atoms with van der Waals surface area (Å²) in [6, 6.07) is 0. The molecule has 3 nitrogen and oxygen atoms in total.